The molecule has 4 aromatic rings. The molecule has 2 N–H and O–H groups in total. The zero-order valence-electron chi connectivity index (χ0n) is 31.7. The average molecular weight is 762 g/mol. The number of ether oxygens (including phenoxy) is 2. The maximum Gasteiger partial charge on any atom is 0.305 e. The number of fused-ring (bicyclic) bond motifs is 3. The van der Waals surface area contributed by atoms with Gasteiger partial charge in [-0.15, -0.1) is 0 Å². The third-order valence-corrected chi connectivity index (χ3v) is 14.8. The number of aliphatic hydroxyl groups is 1. The van der Waals surface area contributed by atoms with Crippen LogP contribution in [0.2, 0.25) is 18.6 Å². The van der Waals surface area contributed by atoms with E-state index in [1.165, 1.54) is 7.11 Å². The summed E-state index contributed by atoms with van der Waals surface area (Å²) in [4.78, 5) is 72.4. The van der Waals surface area contributed by atoms with Crippen molar-refractivity contribution in [3.63, 3.8) is 0 Å². The fraction of sp³-hybridized carbons (Fsp3) is 0.395. The van der Waals surface area contributed by atoms with Gasteiger partial charge in [0.05, 0.1) is 49.2 Å². The number of amides is 3. The number of nitrogens with zero attached hydrogens (tertiary/aromatic N) is 3. The lowest BCUT2D eigenvalue weighted by molar-refractivity contribution is -0.151. The number of methoxy groups -OCH3 is 1. The summed E-state index contributed by atoms with van der Waals surface area (Å²) < 4.78 is 11.9. The molecule has 4 heterocycles. The van der Waals surface area contributed by atoms with Gasteiger partial charge in [0.15, 0.2) is 13.9 Å². The Labute approximate surface area is 321 Å². The van der Waals surface area contributed by atoms with Crippen LogP contribution in [0.1, 0.15) is 59.7 Å². The van der Waals surface area contributed by atoms with E-state index in [0.29, 0.717) is 54.9 Å². The second kappa shape index (κ2) is 14.0. The van der Waals surface area contributed by atoms with E-state index in [1.54, 1.807) is 14.7 Å². The number of rotatable bonds is 10. The summed E-state index contributed by atoms with van der Waals surface area (Å²) in [6.07, 6.45) is 0.920. The molecule has 4 aliphatic rings. The largest absolute Gasteiger partial charge is 0.469 e. The molecule has 5 atom stereocenters. The molecule has 8 rings (SSSR count). The number of aliphatic hydroxyl groups excluding tert-OH is 1. The summed E-state index contributed by atoms with van der Waals surface area (Å²) in [5.41, 5.74) is 3.22. The summed E-state index contributed by atoms with van der Waals surface area (Å²) in [5.74, 6) is -1.53. The molecule has 1 spiro atoms. The van der Waals surface area contributed by atoms with Crippen LogP contribution in [0.25, 0.3) is 10.8 Å². The number of carbonyl (C=O) groups is 4. The highest BCUT2D eigenvalue weighted by atomic mass is 28.4. The van der Waals surface area contributed by atoms with E-state index in [1.807, 2.05) is 98.9 Å². The van der Waals surface area contributed by atoms with Gasteiger partial charge in [-0.3, -0.25) is 24.1 Å². The van der Waals surface area contributed by atoms with Crippen molar-refractivity contribution in [3.05, 3.63) is 101 Å². The lowest BCUT2D eigenvalue weighted by atomic mass is 9.82. The Balaban J connectivity index is 1.18. The highest BCUT2D eigenvalue weighted by Crippen LogP contribution is 2.60. The monoisotopic (exact) mass is 761 g/mol. The summed E-state index contributed by atoms with van der Waals surface area (Å²) >= 11 is 0. The molecule has 12 heteroatoms. The first-order chi connectivity index (χ1) is 26.4. The maximum absolute atomic E-state index is 15.1. The molecule has 55 heavy (non-hydrogen) atoms. The van der Waals surface area contributed by atoms with Crippen LogP contribution in [0.15, 0.2) is 78.9 Å². The Bertz CT molecular complexity index is 2210. The summed E-state index contributed by atoms with van der Waals surface area (Å²) in [6.45, 7) is 6.05. The Morgan fingerprint density at radius 2 is 1.71 bits per heavy atom. The average Bonchev–Trinajstić information content (AvgIpc) is 3.73. The Kier molecular flexibility index (Phi) is 9.44. The topological polar surface area (TPSA) is 137 Å². The third-order valence-electron chi connectivity index (χ3n) is 12.3. The van der Waals surface area contributed by atoms with E-state index >= 15 is 4.79 Å². The zero-order chi connectivity index (χ0) is 38.8. The molecule has 1 saturated heterocycles. The predicted octanol–water partition coefficient (Wildman–Crippen LogP) is 5.96. The minimum atomic E-state index is -3.12. The van der Waals surface area contributed by atoms with Gasteiger partial charge >= 0.3 is 5.97 Å². The maximum atomic E-state index is 15.1. The van der Waals surface area contributed by atoms with E-state index < -0.39 is 37.5 Å². The quantitative estimate of drug-likeness (QED) is 0.115. The van der Waals surface area contributed by atoms with Crippen molar-refractivity contribution in [2.24, 2.45) is 5.92 Å². The van der Waals surface area contributed by atoms with Gasteiger partial charge in [-0.05, 0) is 79.2 Å². The molecule has 0 radical (unpaired) electrons. The minimum absolute atomic E-state index is 0.0736. The number of esters is 1. The molecule has 0 bridgehead atoms. The van der Waals surface area contributed by atoms with Gasteiger partial charge in [0.1, 0.15) is 0 Å². The predicted molar refractivity (Wildman–Crippen MR) is 210 cm³/mol. The first kappa shape index (κ1) is 37.1. The third kappa shape index (κ3) is 5.97. The molecule has 4 aliphatic heterocycles. The van der Waals surface area contributed by atoms with Crippen LogP contribution in [-0.2, 0) is 42.4 Å². The highest BCUT2D eigenvalue weighted by molar-refractivity contribution is 6.71. The number of hydrogen-bond acceptors (Lipinski definition) is 8. The molecule has 11 nitrogen and oxygen atoms in total. The smallest absolute Gasteiger partial charge is 0.305 e. The van der Waals surface area contributed by atoms with Gasteiger partial charge in [-0.2, -0.15) is 0 Å². The molecule has 286 valence electrons. The standard InChI is InChI=1S/C43H47N3O8Si/c1-26-40(55(3,4)52)36(23-37(48)45-24-29-12-6-5-11-28(29)21-31(45)25-47)54-43(26)33-22-30(18-19-34(33)44(42(43)51)20-8-7-17-38(49)53-2)46-35-16-10-14-27-13-9-15-32(39(27)35)41(46)50/h5-6,9-16,18-19,22,26,31,36,40,47,52H,7-8,17,20-21,23-25H2,1-4H3/t26-,31+,36+,40-,43+/m1/s1. The first-order valence-corrected chi connectivity index (χ1v) is 22.2. The van der Waals surface area contributed by atoms with E-state index in [2.05, 4.69) is 0 Å². The Morgan fingerprint density at radius 3 is 2.44 bits per heavy atom. The Hall–Kier alpha value is -4.88. The van der Waals surface area contributed by atoms with Crippen LogP contribution in [0.3, 0.4) is 0 Å². The molecule has 0 aromatic heterocycles. The van der Waals surface area contributed by atoms with E-state index in [4.69, 9.17) is 9.47 Å². The molecular weight excluding hydrogens is 715 g/mol. The number of carbonyl (C=O) groups excluding carboxylic acids is 4. The van der Waals surface area contributed by atoms with Crippen molar-refractivity contribution in [2.75, 3.05) is 30.1 Å². The van der Waals surface area contributed by atoms with Crippen molar-refractivity contribution in [1.29, 1.82) is 0 Å². The summed E-state index contributed by atoms with van der Waals surface area (Å²) in [7, 11) is -1.77. The van der Waals surface area contributed by atoms with Gasteiger partial charge in [-0.1, -0.05) is 55.5 Å². The lowest BCUT2D eigenvalue weighted by Crippen LogP contribution is -2.48. The van der Waals surface area contributed by atoms with Crippen LogP contribution in [0, 0.1) is 5.92 Å². The molecular formula is C43H47N3O8Si. The molecule has 0 saturated carbocycles. The van der Waals surface area contributed by atoms with Crippen molar-refractivity contribution in [2.45, 2.75) is 82.0 Å². The van der Waals surface area contributed by atoms with Gasteiger partial charge in [-0.25, -0.2) is 0 Å². The summed E-state index contributed by atoms with van der Waals surface area (Å²) in [6, 6.07) is 24.6. The minimum Gasteiger partial charge on any atom is -0.469 e. The van der Waals surface area contributed by atoms with Gasteiger partial charge in [0.25, 0.3) is 11.8 Å². The molecule has 4 aromatic carbocycles. The van der Waals surface area contributed by atoms with Crippen LogP contribution in [0.4, 0.5) is 17.1 Å². The Morgan fingerprint density at radius 1 is 0.964 bits per heavy atom. The fourth-order valence-corrected chi connectivity index (χ4v) is 12.3. The second-order valence-electron chi connectivity index (χ2n) is 15.9. The number of hydrogen-bond donors (Lipinski definition) is 2. The number of unbranched alkanes of at least 4 members (excludes halogenated alkanes) is 1. The van der Waals surface area contributed by atoms with Gasteiger partial charge in [0, 0.05) is 47.6 Å². The van der Waals surface area contributed by atoms with Crippen molar-refractivity contribution in [3.8, 4) is 0 Å². The van der Waals surface area contributed by atoms with E-state index in [-0.39, 0.29) is 43.1 Å². The van der Waals surface area contributed by atoms with E-state index in [9.17, 15) is 24.3 Å². The SMILES string of the molecule is COC(=O)CCCCN1C(=O)[C@@]2(O[C@@H](CC(=O)N3Cc4ccccc4C[C@H]3CO)[C@H]([Si](C)(C)O)[C@H]2C)c2cc(N3C(=O)c4cccc5cccc3c45)ccc21. The zero-order valence-corrected chi connectivity index (χ0v) is 32.7. The van der Waals surface area contributed by atoms with Crippen molar-refractivity contribution >= 4 is 59.8 Å². The van der Waals surface area contributed by atoms with Crippen LogP contribution >= 0.6 is 0 Å². The second-order valence-corrected chi connectivity index (χ2v) is 19.9. The number of anilines is 3. The molecule has 0 aliphatic carbocycles. The van der Waals surface area contributed by atoms with Crippen LogP contribution in [-0.4, -0.2) is 79.2 Å². The van der Waals surface area contributed by atoms with Gasteiger partial charge in [0.2, 0.25) is 5.91 Å². The molecule has 1 fully saturated rings. The fourth-order valence-electron chi connectivity index (χ4n) is 9.77. The van der Waals surface area contributed by atoms with Crippen LogP contribution < -0.4 is 9.80 Å². The first-order valence-electron chi connectivity index (χ1n) is 19.2. The number of benzene rings is 4. The summed E-state index contributed by atoms with van der Waals surface area (Å²) in [5, 5.41) is 12.2. The van der Waals surface area contributed by atoms with Crippen molar-refractivity contribution < 1.29 is 38.6 Å². The van der Waals surface area contributed by atoms with Crippen LogP contribution in [0.5, 0.6) is 0 Å². The van der Waals surface area contributed by atoms with E-state index in [0.717, 1.165) is 27.6 Å². The molecule has 3 amide bonds. The molecule has 0 unspecified atom stereocenters. The highest BCUT2D eigenvalue weighted by Gasteiger charge is 2.66. The van der Waals surface area contributed by atoms with Crippen molar-refractivity contribution in [1.82, 2.24) is 4.90 Å². The normalized spacial score (nSPS) is 24.2. The lowest BCUT2D eigenvalue weighted by Gasteiger charge is -2.37. The van der Waals surface area contributed by atoms with Gasteiger partial charge < -0.3 is 29.2 Å².